The molecule has 2 aromatic carbocycles. The Morgan fingerprint density at radius 3 is 2.33 bits per heavy atom. The molecule has 0 amide bonds. The first kappa shape index (κ1) is 15.3. The van der Waals surface area contributed by atoms with Gasteiger partial charge in [0.25, 0.3) is 0 Å². The van der Waals surface area contributed by atoms with Crippen molar-refractivity contribution in [3.63, 3.8) is 0 Å². The molecule has 0 aromatic heterocycles. The highest BCUT2D eigenvalue weighted by Gasteiger charge is 2.10. The van der Waals surface area contributed by atoms with Crippen LogP contribution in [0.1, 0.15) is 24.9 Å². The van der Waals surface area contributed by atoms with Gasteiger partial charge in [0.2, 0.25) is 0 Å². The predicted octanol–water partition coefficient (Wildman–Crippen LogP) is 4.13. The minimum atomic E-state index is 0.180. The molecule has 0 heterocycles. The quantitative estimate of drug-likeness (QED) is 0.813. The van der Waals surface area contributed by atoms with Gasteiger partial charge in [0, 0.05) is 5.69 Å². The summed E-state index contributed by atoms with van der Waals surface area (Å²) in [6, 6.07) is 18.1. The highest BCUT2D eigenvalue weighted by Crippen LogP contribution is 2.20. The lowest BCUT2D eigenvalue weighted by molar-refractivity contribution is 0.414. The molecule has 0 fully saturated rings. The van der Waals surface area contributed by atoms with Gasteiger partial charge in [-0.3, -0.25) is 0 Å². The number of hydrogen-bond acceptors (Lipinski definition) is 2. The SMILES string of the molecule is CCC(NC(=S)Nc1ccccc1)c1ccc(OC)cc1. The monoisotopic (exact) mass is 300 g/mol. The molecule has 0 saturated heterocycles. The zero-order chi connectivity index (χ0) is 15.1. The van der Waals surface area contributed by atoms with Gasteiger partial charge in [-0.05, 0) is 48.5 Å². The van der Waals surface area contributed by atoms with Crippen LogP contribution in [0.15, 0.2) is 54.6 Å². The molecule has 0 radical (unpaired) electrons. The van der Waals surface area contributed by atoms with E-state index in [1.807, 2.05) is 42.5 Å². The Kier molecular flexibility index (Phi) is 5.58. The maximum absolute atomic E-state index is 5.38. The van der Waals surface area contributed by atoms with Crippen LogP contribution in [0.5, 0.6) is 5.75 Å². The fourth-order valence-corrected chi connectivity index (χ4v) is 2.36. The first-order valence-corrected chi connectivity index (χ1v) is 7.40. The number of thiocarbonyl (C=S) groups is 1. The van der Waals surface area contributed by atoms with Crippen molar-refractivity contribution in [3.8, 4) is 5.75 Å². The van der Waals surface area contributed by atoms with Crippen LogP contribution in [0.25, 0.3) is 0 Å². The van der Waals surface area contributed by atoms with Crippen molar-refractivity contribution in [3.05, 3.63) is 60.2 Å². The number of para-hydroxylation sites is 1. The first-order valence-electron chi connectivity index (χ1n) is 6.99. The molecule has 0 saturated carbocycles. The molecule has 0 bridgehead atoms. The molecule has 1 unspecified atom stereocenters. The third kappa shape index (κ3) is 4.46. The zero-order valence-corrected chi connectivity index (χ0v) is 13.1. The highest BCUT2D eigenvalue weighted by molar-refractivity contribution is 7.80. The summed E-state index contributed by atoms with van der Waals surface area (Å²) in [5.74, 6) is 0.860. The van der Waals surface area contributed by atoms with E-state index < -0.39 is 0 Å². The summed E-state index contributed by atoms with van der Waals surface area (Å²) >= 11 is 5.38. The van der Waals surface area contributed by atoms with Crippen LogP contribution in [0.4, 0.5) is 5.69 Å². The Hall–Kier alpha value is -2.07. The molecule has 2 N–H and O–H groups in total. The highest BCUT2D eigenvalue weighted by atomic mass is 32.1. The van der Waals surface area contributed by atoms with Crippen molar-refractivity contribution in [2.24, 2.45) is 0 Å². The van der Waals surface area contributed by atoms with Gasteiger partial charge in [0.15, 0.2) is 5.11 Å². The summed E-state index contributed by atoms with van der Waals surface area (Å²) in [5.41, 5.74) is 2.18. The molecule has 0 spiro atoms. The van der Waals surface area contributed by atoms with E-state index in [2.05, 4.69) is 29.7 Å². The second kappa shape index (κ2) is 7.64. The van der Waals surface area contributed by atoms with E-state index in [0.29, 0.717) is 5.11 Å². The van der Waals surface area contributed by atoms with Crippen LogP contribution in [-0.4, -0.2) is 12.2 Å². The number of nitrogens with one attached hydrogen (secondary N) is 2. The Labute approximate surface area is 131 Å². The average Bonchev–Trinajstić information content (AvgIpc) is 2.53. The maximum Gasteiger partial charge on any atom is 0.171 e. The average molecular weight is 300 g/mol. The van der Waals surface area contributed by atoms with E-state index >= 15 is 0 Å². The van der Waals surface area contributed by atoms with E-state index in [4.69, 9.17) is 17.0 Å². The smallest absolute Gasteiger partial charge is 0.171 e. The molecule has 0 aliphatic rings. The Morgan fingerprint density at radius 1 is 1.10 bits per heavy atom. The van der Waals surface area contributed by atoms with Crippen LogP contribution < -0.4 is 15.4 Å². The molecule has 2 aromatic rings. The third-order valence-corrected chi connectivity index (χ3v) is 3.48. The summed E-state index contributed by atoms with van der Waals surface area (Å²) < 4.78 is 5.18. The van der Waals surface area contributed by atoms with Gasteiger partial charge >= 0.3 is 0 Å². The second-order valence-electron chi connectivity index (χ2n) is 4.70. The van der Waals surface area contributed by atoms with Gasteiger partial charge in [-0.25, -0.2) is 0 Å². The van der Waals surface area contributed by atoms with Crippen LogP contribution >= 0.6 is 12.2 Å². The number of rotatable bonds is 5. The summed E-state index contributed by atoms with van der Waals surface area (Å²) in [5, 5.41) is 7.17. The van der Waals surface area contributed by atoms with Crippen LogP contribution in [-0.2, 0) is 0 Å². The van der Waals surface area contributed by atoms with Gasteiger partial charge in [-0.15, -0.1) is 0 Å². The summed E-state index contributed by atoms with van der Waals surface area (Å²) in [6.07, 6.45) is 0.947. The van der Waals surface area contributed by atoms with Gasteiger partial charge in [0.05, 0.1) is 13.2 Å². The van der Waals surface area contributed by atoms with Crippen molar-refractivity contribution in [2.75, 3.05) is 12.4 Å². The van der Waals surface area contributed by atoms with E-state index in [1.54, 1.807) is 7.11 Å². The third-order valence-electron chi connectivity index (χ3n) is 3.26. The standard InChI is InChI=1S/C17H20N2OS/c1-3-16(13-9-11-15(20-2)12-10-13)19-17(21)18-14-7-5-4-6-8-14/h4-12,16H,3H2,1-2H3,(H2,18,19,21). The van der Waals surface area contributed by atoms with Crippen LogP contribution in [0.2, 0.25) is 0 Å². The predicted molar refractivity (Wildman–Crippen MR) is 91.8 cm³/mol. The second-order valence-corrected chi connectivity index (χ2v) is 5.11. The summed E-state index contributed by atoms with van der Waals surface area (Å²) in [6.45, 7) is 2.13. The lowest BCUT2D eigenvalue weighted by Gasteiger charge is -2.20. The minimum Gasteiger partial charge on any atom is -0.497 e. The first-order chi connectivity index (χ1) is 10.2. The van der Waals surface area contributed by atoms with Crippen LogP contribution in [0, 0.1) is 0 Å². The Bertz CT molecular complexity index is 569. The molecule has 0 aliphatic carbocycles. The van der Waals surface area contributed by atoms with E-state index in [-0.39, 0.29) is 6.04 Å². The zero-order valence-electron chi connectivity index (χ0n) is 12.3. The minimum absolute atomic E-state index is 0.180. The van der Waals surface area contributed by atoms with Crippen molar-refractivity contribution in [1.29, 1.82) is 0 Å². The fraction of sp³-hybridized carbons (Fsp3) is 0.235. The van der Waals surface area contributed by atoms with Gasteiger partial charge in [0.1, 0.15) is 5.75 Å². The molecule has 4 heteroatoms. The summed E-state index contributed by atoms with van der Waals surface area (Å²) in [4.78, 5) is 0. The largest absolute Gasteiger partial charge is 0.497 e. The van der Waals surface area contributed by atoms with Crippen molar-refractivity contribution < 1.29 is 4.74 Å². The molecular weight excluding hydrogens is 280 g/mol. The molecule has 2 rings (SSSR count). The number of methoxy groups -OCH3 is 1. The Balaban J connectivity index is 1.99. The van der Waals surface area contributed by atoms with Crippen molar-refractivity contribution in [2.45, 2.75) is 19.4 Å². The number of anilines is 1. The van der Waals surface area contributed by atoms with E-state index in [0.717, 1.165) is 17.9 Å². The van der Waals surface area contributed by atoms with Gasteiger partial charge in [-0.2, -0.15) is 0 Å². The molecule has 110 valence electrons. The molecule has 3 nitrogen and oxygen atoms in total. The number of benzene rings is 2. The summed E-state index contributed by atoms with van der Waals surface area (Å²) in [7, 11) is 1.67. The molecule has 0 aliphatic heterocycles. The van der Waals surface area contributed by atoms with Crippen LogP contribution in [0.3, 0.4) is 0 Å². The lowest BCUT2D eigenvalue weighted by Crippen LogP contribution is -2.32. The van der Waals surface area contributed by atoms with E-state index in [9.17, 15) is 0 Å². The van der Waals surface area contributed by atoms with Gasteiger partial charge in [-0.1, -0.05) is 37.3 Å². The number of ether oxygens (including phenoxy) is 1. The van der Waals surface area contributed by atoms with E-state index in [1.165, 1.54) is 5.56 Å². The fourth-order valence-electron chi connectivity index (χ4n) is 2.10. The Morgan fingerprint density at radius 2 is 1.76 bits per heavy atom. The van der Waals surface area contributed by atoms with Gasteiger partial charge < -0.3 is 15.4 Å². The number of hydrogen-bond donors (Lipinski definition) is 2. The topological polar surface area (TPSA) is 33.3 Å². The molecule has 1 atom stereocenters. The molecule has 21 heavy (non-hydrogen) atoms. The van der Waals surface area contributed by atoms with Crippen molar-refractivity contribution in [1.82, 2.24) is 5.32 Å². The van der Waals surface area contributed by atoms with Crippen molar-refractivity contribution >= 4 is 23.0 Å². The maximum atomic E-state index is 5.38. The lowest BCUT2D eigenvalue weighted by atomic mass is 10.0. The normalized spacial score (nSPS) is 11.5. The molecular formula is C17H20N2OS.